The van der Waals surface area contributed by atoms with Crippen LogP contribution in [0.15, 0.2) is 12.1 Å². The molecule has 0 radical (unpaired) electrons. The molecule has 0 aliphatic rings. The highest BCUT2D eigenvalue weighted by Crippen LogP contribution is 2.39. The van der Waals surface area contributed by atoms with Crippen LogP contribution in [0.25, 0.3) is 10.8 Å². The van der Waals surface area contributed by atoms with Gasteiger partial charge in [-0.2, -0.15) is 13.2 Å². The van der Waals surface area contributed by atoms with Gasteiger partial charge in [0.2, 0.25) is 0 Å². The van der Waals surface area contributed by atoms with Crippen LogP contribution in [0.1, 0.15) is 5.69 Å². The number of nitrogens with zero attached hydrogens (tertiary/aromatic N) is 2. The smallest absolute Gasteiger partial charge is 0.435 e. The van der Waals surface area contributed by atoms with Crippen molar-refractivity contribution in [3.8, 4) is 11.5 Å². The molecule has 0 unspecified atom stereocenters. The van der Waals surface area contributed by atoms with E-state index in [0.29, 0.717) is 0 Å². The molecule has 8 heteroatoms. The molecule has 0 amide bonds. The van der Waals surface area contributed by atoms with Crippen LogP contribution >= 0.6 is 11.6 Å². The van der Waals surface area contributed by atoms with E-state index in [1.54, 1.807) is 0 Å². The maximum absolute atomic E-state index is 12.8. The fourth-order valence-electron chi connectivity index (χ4n) is 1.66. The van der Waals surface area contributed by atoms with Crippen LogP contribution in [0.5, 0.6) is 11.5 Å². The summed E-state index contributed by atoms with van der Waals surface area (Å²) in [6.07, 6.45) is -4.63. The molecule has 0 spiro atoms. The molecule has 0 atom stereocenters. The molecule has 2 rings (SSSR count). The predicted octanol–water partition coefficient (Wildman–Crippen LogP) is 3.32. The molecule has 1 aromatic carbocycles. The summed E-state index contributed by atoms with van der Waals surface area (Å²) in [6.45, 7) is 0. The zero-order valence-corrected chi connectivity index (χ0v) is 10.6. The zero-order chi connectivity index (χ0) is 14.2. The van der Waals surface area contributed by atoms with Gasteiger partial charge in [-0.1, -0.05) is 11.6 Å². The molecular weight excluding hydrogens is 285 g/mol. The number of hydrogen-bond acceptors (Lipinski definition) is 4. The summed E-state index contributed by atoms with van der Waals surface area (Å²) in [5.74, 6) is 0.419. The predicted molar refractivity (Wildman–Crippen MR) is 62.7 cm³/mol. The highest BCUT2D eigenvalue weighted by molar-refractivity contribution is 6.34. The van der Waals surface area contributed by atoms with E-state index in [2.05, 4.69) is 10.2 Å². The number of alkyl halides is 3. The summed E-state index contributed by atoms with van der Waals surface area (Å²) in [4.78, 5) is 0. The van der Waals surface area contributed by atoms with Crippen LogP contribution < -0.4 is 9.47 Å². The lowest BCUT2D eigenvalue weighted by Crippen LogP contribution is -2.10. The van der Waals surface area contributed by atoms with Crippen molar-refractivity contribution in [3.05, 3.63) is 23.0 Å². The highest BCUT2D eigenvalue weighted by atomic mass is 35.5. The lowest BCUT2D eigenvalue weighted by molar-refractivity contribution is -0.140. The van der Waals surface area contributed by atoms with E-state index < -0.39 is 11.9 Å². The van der Waals surface area contributed by atoms with Gasteiger partial charge in [0.1, 0.15) is 0 Å². The third-order valence-electron chi connectivity index (χ3n) is 2.51. The Bertz CT molecular complexity index is 631. The number of benzene rings is 1. The first-order chi connectivity index (χ1) is 8.88. The van der Waals surface area contributed by atoms with Gasteiger partial charge < -0.3 is 9.47 Å². The largest absolute Gasteiger partial charge is 0.493 e. The molecule has 102 valence electrons. The number of aromatic nitrogens is 2. The topological polar surface area (TPSA) is 44.2 Å². The lowest BCUT2D eigenvalue weighted by Gasteiger charge is -2.13. The SMILES string of the molecule is COc1cc2c(Cl)nnc(C(F)(F)F)c2cc1OC. The minimum atomic E-state index is -4.63. The molecule has 0 saturated heterocycles. The summed E-state index contributed by atoms with van der Waals surface area (Å²) >= 11 is 5.77. The van der Waals surface area contributed by atoms with Crippen molar-refractivity contribution in [2.45, 2.75) is 6.18 Å². The summed E-state index contributed by atoms with van der Waals surface area (Å²) < 4.78 is 48.5. The molecule has 0 aliphatic heterocycles. The Balaban J connectivity index is 2.85. The first-order valence-electron chi connectivity index (χ1n) is 5.03. The van der Waals surface area contributed by atoms with Crippen molar-refractivity contribution >= 4 is 22.4 Å². The van der Waals surface area contributed by atoms with Crippen molar-refractivity contribution in [2.24, 2.45) is 0 Å². The number of fused-ring (bicyclic) bond motifs is 1. The number of halogens is 4. The molecule has 0 fully saturated rings. The first kappa shape index (κ1) is 13.7. The van der Waals surface area contributed by atoms with Crippen molar-refractivity contribution in [1.29, 1.82) is 0 Å². The Hall–Kier alpha value is -1.76. The number of ether oxygens (including phenoxy) is 2. The number of methoxy groups -OCH3 is 2. The lowest BCUT2D eigenvalue weighted by atomic mass is 10.1. The molecule has 0 aliphatic carbocycles. The van der Waals surface area contributed by atoms with Crippen LogP contribution in [-0.2, 0) is 6.18 Å². The van der Waals surface area contributed by atoms with E-state index in [0.717, 1.165) is 0 Å². The average molecular weight is 293 g/mol. The van der Waals surface area contributed by atoms with Gasteiger partial charge in [0.05, 0.1) is 14.2 Å². The van der Waals surface area contributed by atoms with Crippen LogP contribution in [-0.4, -0.2) is 24.4 Å². The van der Waals surface area contributed by atoms with E-state index >= 15 is 0 Å². The Labute approximate surface area is 111 Å². The second-order valence-electron chi connectivity index (χ2n) is 3.59. The van der Waals surface area contributed by atoms with Crippen LogP contribution in [0.2, 0.25) is 5.15 Å². The Kier molecular flexibility index (Phi) is 3.40. The summed E-state index contributed by atoms with van der Waals surface area (Å²) in [5, 5.41) is 6.18. The minimum absolute atomic E-state index is 0.0987. The van der Waals surface area contributed by atoms with Gasteiger partial charge in [-0.15, -0.1) is 10.2 Å². The quantitative estimate of drug-likeness (QED) is 0.852. The molecule has 2 aromatic rings. The normalized spacial score (nSPS) is 11.7. The standard InChI is InChI=1S/C11H8ClF3N2O2/c1-18-7-3-5-6(4-8(7)19-2)10(12)17-16-9(5)11(13,14)15/h3-4H,1-2H3. The number of rotatable bonds is 2. The monoisotopic (exact) mass is 292 g/mol. The third kappa shape index (κ3) is 2.37. The van der Waals surface area contributed by atoms with Gasteiger partial charge in [0.15, 0.2) is 22.3 Å². The van der Waals surface area contributed by atoms with E-state index in [1.165, 1.54) is 26.4 Å². The van der Waals surface area contributed by atoms with E-state index in [4.69, 9.17) is 21.1 Å². The minimum Gasteiger partial charge on any atom is -0.493 e. The Morgan fingerprint density at radius 2 is 1.53 bits per heavy atom. The molecule has 0 N–H and O–H groups in total. The van der Waals surface area contributed by atoms with Gasteiger partial charge >= 0.3 is 6.18 Å². The second-order valence-corrected chi connectivity index (χ2v) is 3.95. The fraction of sp³-hybridized carbons (Fsp3) is 0.273. The van der Waals surface area contributed by atoms with Gasteiger partial charge in [-0.05, 0) is 12.1 Å². The van der Waals surface area contributed by atoms with E-state index in [1.807, 2.05) is 0 Å². The van der Waals surface area contributed by atoms with Crippen LogP contribution in [0.3, 0.4) is 0 Å². The number of hydrogen-bond donors (Lipinski definition) is 0. The second kappa shape index (κ2) is 4.73. The van der Waals surface area contributed by atoms with Crippen molar-refractivity contribution in [3.63, 3.8) is 0 Å². The summed E-state index contributed by atoms with van der Waals surface area (Å²) in [6, 6.07) is 2.51. The van der Waals surface area contributed by atoms with Gasteiger partial charge in [-0.25, -0.2) is 0 Å². The van der Waals surface area contributed by atoms with Gasteiger partial charge in [-0.3, -0.25) is 0 Å². The van der Waals surface area contributed by atoms with Crippen LogP contribution in [0.4, 0.5) is 13.2 Å². The van der Waals surface area contributed by atoms with E-state index in [9.17, 15) is 13.2 Å². The molecule has 1 aromatic heterocycles. The Morgan fingerprint density at radius 3 is 2.00 bits per heavy atom. The van der Waals surface area contributed by atoms with Crippen molar-refractivity contribution in [1.82, 2.24) is 10.2 Å². The summed E-state index contributed by atoms with van der Waals surface area (Å²) in [5.41, 5.74) is -1.12. The third-order valence-corrected chi connectivity index (χ3v) is 2.79. The molecule has 1 heterocycles. The summed E-state index contributed by atoms with van der Waals surface area (Å²) in [7, 11) is 2.70. The van der Waals surface area contributed by atoms with Crippen LogP contribution in [0, 0.1) is 0 Å². The fourth-order valence-corrected chi connectivity index (χ4v) is 1.85. The van der Waals surface area contributed by atoms with Gasteiger partial charge in [0.25, 0.3) is 0 Å². The molecule has 19 heavy (non-hydrogen) atoms. The average Bonchev–Trinajstić information content (AvgIpc) is 2.36. The highest BCUT2D eigenvalue weighted by Gasteiger charge is 2.36. The van der Waals surface area contributed by atoms with Gasteiger partial charge in [0, 0.05) is 10.8 Å². The maximum atomic E-state index is 12.8. The first-order valence-corrected chi connectivity index (χ1v) is 5.41. The molecular formula is C11H8ClF3N2O2. The van der Waals surface area contributed by atoms with Crippen molar-refractivity contribution in [2.75, 3.05) is 14.2 Å². The maximum Gasteiger partial charge on any atom is 0.435 e. The van der Waals surface area contributed by atoms with E-state index in [-0.39, 0.29) is 27.4 Å². The molecule has 4 nitrogen and oxygen atoms in total. The molecule has 0 bridgehead atoms. The van der Waals surface area contributed by atoms with Crippen molar-refractivity contribution < 1.29 is 22.6 Å². The zero-order valence-electron chi connectivity index (χ0n) is 9.88. The molecule has 0 saturated carbocycles. The Morgan fingerprint density at radius 1 is 1.00 bits per heavy atom.